The van der Waals surface area contributed by atoms with E-state index >= 15 is 0 Å². The molecule has 0 unspecified atom stereocenters. The fraction of sp³-hybridized carbons (Fsp3) is 0.722. The molecule has 0 atom stereocenters. The Morgan fingerprint density at radius 2 is 2.00 bits per heavy atom. The largest absolute Gasteiger partial charge is 0.312 e. The van der Waals surface area contributed by atoms with Crippen LogP contribution in [0.5, 0.6) is 0 Å². The van der Waals surface area contributed by atoms with Crippen molar-refractivity contribution in [2.45, 2.75) is 77.3 Å². The maximum atomic E-state index is 4.74. The van der Waals surface area contributed by atoms with Gasteiger partial charge in [0, 0.05) is 18.2 Å². The predicted octanol–water partition coefficient (Wildman–Crippen LogP) is 4.27. The van der Waals surface area contributed by atoms with Gasteiger partial charge in [0.2, 0.25) is 0 Å². The summed E-state index contributed by atoms with van der Waals surface area (Å²) in [6.45, 7) is 7.65. The number of hydrogen-bond acceptors (Lipinski definition) is 2. The lowest BCUT2D eigenvalue weighted by Crippen LogP contribution is -2.36. The highest BCUT2D eigenvalue weighted by Crippen LogP contribution is 2.27. The van der Waals surface area contributed by atoms with Crippen LogP contribution in [0.2, 0.25) is 0 Å². The second kappa shape index (κ2) is 7.79. The molecule has 2 rings (SSSR count). The Bertz CT molecular complexity index is 434. The van der Waals surface area contributed by atoms with Crippen molar-refractivity contribution in [2.75, 3.05) is 6.54 Å². The summed E-state index contributed by atoms with van der Waals surface area (Å²) in [4.78, 5) is 0. The fourth-order valence-electron chi connectivity index (χ4n) is 2.89. The molecule has 1 saturated carbocycles. The number of nitrogens with one attached hydrogen (secondary N) is 1. The zero-order chi connectivity index (χ0) is 15.1. The third-order valence-electron chi connectivity index (χ3n) is 4.07. The Morgan fingerprint density at radius 3 is 2.71 bits per heavy atom. The van der Waals surface area contributed by atoms with E-state index in [1.807, 2.05) is 0 Å². The van der Waals surface area contributed by atoms with Gasteiger partial charge in [-0.3, -0.25) is 4.68 Å². The molecule has 1 aliphatic rings. The van der Waals surface area contributed by atoms with E-state index in [0.29, 0.717) is 6.04 Å². The lowest BCUT2D eigenvalue weighted by molar-refractivity contribution is 0.328. The first kappa shape index (κ1) is 16.3. The van der Waals surface area contributed by atoms with Crippen molar-refractivity contribution in [3.8, 4) is 0 Å². The zero-order valence-corrected chi connectivity index (χ0v) is 13.9. The Morgan fingerprint density at radius 1 is 1.24 bits per heavy atom. The van der Waals surface area contributed by atoms with E-state index < -0.39 is 0 Å². The van der Waals surface area contributed by atoms with Crippen LogP contribution in [0.4, 0.5) is 0 Å². The zero-order valence-electron chi connectivity index (χ0n) is 13.9. The van der Waals surface area contributed by atoms with Crippen LogP contribution in [-0.4, -0.2) is 21.9 Å². The van der Waals surface area contributed by atoms with Crippen molar-refractivity contribution in [3.05, 3.63) is 30.1 Å². The lowest BCUT2D eigenvalue weighted by Gasteiger charge is -2.21. The van der Waals surface area contributed by atoms with Crippen LogP contribution < -0.4 is 5.32 Å². The summed E-state index contributed by atoms with van der Waals surface area (Å²) in [5.74, 6) is 0. The molecule has 0 aliphatic heterocycles. The van der Waals surface area contributed by atoms with Crippen LogP contribution in [0, 0.1) is 0 Å². The molecule has 1 N–H and O–H groups in total. The highest BCUT2D eigenvalue weighted by Gasteiger charge is 2.15. The van der Waals surface area contributed by atoms with Crippen LogP contribution in [0.3, 0.4) is 0 Å². The highest BCUT2D eigenvalue weighted by molar-refractivity contribution is 5.05. The maximum absolute atomic E-state index is 4.74. The van der Waals surface area contributed by atoms with Crippen LogP contribution in [0.25, 0.3) is 0 Å². The lowest BCUT2D eigenvalue weighted by atomic mass is 9.96. The Kier molecular flexibility index (Phi) is 6.04. The second-order valence-electron chi connectivity index (χ2n) is 7.22. The minimum atomic E-state index is 0.215. The van der Waals surface area contributed by atoms with Crippen molar-refractivity contribution in [2.24, 2.45) is 0 Å². The summed E-state index contributed by atoms with van der Waals surface area (Å²) in [6, 6.07) is 2.82. The highest BCUT2D eigenvalue weighted by atomic mass is 15.3. The molecule has 3 heteroatoms. The summed E-state index contributed by atoms with van der Waals surface area (Å²) in [5, 5.41) is 8.24. The minimum absolute atomic E-state index is 0.215. The minimum Gasteiger partial charge on any atom is -0.312 e. The van der Waals surface area contributed by atoms with Crippen molar-refractivity contribution in [1.29, 1.82) is 0 Å². The molecule has 1 fully saturated rings. The molecule has 0 saturated heterocycles. The predicted molar refractivity (Wildman–Crippen MR) is 89.6 cm³/mol. The molecule has 1 aromatic heterocycles. The quantitative estimate of drug-likeness (QED) is 0.626. The van der Waals surface area contributed by atoms with Crippen molar-refractivity contribution in [3.63, 3.8) is 0 Å². The summed E-state index contributed by atoms with van der Waals surface area (Å²) < 4.78 is 2.20. The molecule has 0 aromatic carbocycles. The van der Waals surface area contributed by atoms with Gasteiger partial charge in [0.1, 0.15) is 0 Å². The third-order valence-corrected chi connectivity index (χ3v) is 4.07. The summed E-state index contributed by atoms with van der Waals surface area (Å²) in [5.41, 5.74) is 1.41. The van der Waals surface area contributed by atoms with E-state index in [1.54, 1.807) is 0 Å². The van der Waals surface area contributed by atoms with Gasteiger partial charge < -0.3 is 5.32 Å². The monoisotopic (exact) mass is 289 g/mol. The van der Waals surface area contributed by atoms with Gasteiger partial charge in [-0.15, -0.1) is 0 Å². The molecule has 3 nitrogen and oxygen atoms in total. The molecule has 0 radical (unpaired) electrons. The molecule has 0 spiro atoms. The van der Waals surface area contributed by atoms with Gasteiger partial charge in [0.05, 0.1) is 11.7 Å². The molecule has 0 amide bonds. The van der Waals surface area contributed by atoms with E-state index in [0.717, 1.165) is 19.4 Å². The van der Waals surface area contributed by atoms with Crippen LogP contribution in [0.15, 0.2) is 24.4 Å². The average molecular weight is 289 g/mol. The van der Waals surface area contributed by atoms with Gasteiger partial charge >= 0.3 is 0 Å². The van der Waals surface area contributed by atoms with Crippen molar-refractivity contribution in [1.82, 2.24) is 15.1 Å². The number of allylic oxidation sites excluding steroid dienone is 1. The molecular formula is C18H31N3. The average Bonchev–Trinajstić information content (AvgIpc) is 2.91. The standard InChI is InChI=1S/C18H31N3/c1-18(2,3)19-14-9-5-6-10-16-13-15-21(20-16)17-11-7-4-8-12-17/h5-6,13,15,17,19H,4,7-12,14H2,1-3H3. The van der Waals surface area contributed by atoms with E-state index in [-0.39, 0.29) is 5.54 Å². The third kappa shape index (κ3) is 6.04. The smallest absolute Gasteiger partial charge is 0.0662 e. The Labute approximate surface area is 129 Å². The van der Waals surface area contributed by atoms with E-state index in [4.69, 9.17) is 5.10 Å². The molecule has 1 aromatic rings. The Balaban J connectivity index is 1.70. The summed E-state index contributed by atoms with van der Waals surface area (Å²) in [6.07, 6.45) is 15.4. The Hall–Kier alpha value is -1.09. The van der Waals surface area contributed by atoms with Crippen LogP contribution in [0.1, 0.15) is 71.0 Å². The number of nitrogens with zero attached hydrogens (tertiary/aromatic N) is 2. The molecule has 118 valence electrons. The SMILES string of the molecule is CC(C)(C)NCCC=CCc1ccn(C2CCCCC2)n1. The first-order valence-corrected chi connectivity index (χ1v) is 8.49. The van der Waals surface area contributed by atoms with E-state index in [1.165, 1.54) is 37.8 Å². The molecular weight excluding hydrogens is 258 g/mol. The van der Waals surface area contributed by atoms with Gasteiger partial charge in [0.15, 0.2) is 0 Å². The van der Waals surface area contributed by atoms with Gasteiger partial charge in [0.25, 0.3) is 0 Å². The van der Waals surface area contributed by atoms with Gasteiger partial charge in [-0.05, 0) is 52.6 Å². The van der Waals surface area contributed by atoms with E-state index in [9.17, 15) is 0 Å². The molecule has 1 heterocycles. The van der Waals surface area contributed by atoms with Crippen LogP contribution >= 0.6 is 0 Å². The van der Waals surface area contributed by atoms with Gasteiger partial charge in [-0.25, -0.2) is 0 Å². The summed E-state index contributed by atoms with van der Waals surface area (Å²) >= 11 is 0. The van der Waals surface area contributed by atoms with E-state index in [2.05, 4.69) is 55.2 Å². The number of rotatable bonds is 6. The maximum Gasteiger partial charge on any atom is 0.0662 e. The molecule has 1 aliphatic carbocycles. The second-order valence-corrected chi connectivity index (χ2v) is 7.22. The van der Waals surface area contributed by atoms with Gasteiger partial charge in [-0.1, -0.05) is 31.4 Å². The van der Waals surface area contributed by atoms with Gasteiger partial charge in [-0.2, -0.15) is 5.10 Å². The first-order chi connectivity index (χ1) is 10.0. The number of aromatic nitrogens is 2. The topological polar surface area (TPSA) is 29.9 Å². The fourth-order valence-corrected chi connectivity index (χ4v) is 2.89. The summed E-state index contributed by atoms with van der Waals surface area (Å²) in [7, 11) is 0. The molecule has 0 bridgehead atoms. The number of hydrogen-bond donors (Lipinski definition) is 1. The van der Waals surface area contributed by atoms with Crippen molar-refractivity contribution < 1.29 is 0 Å². The van der Waals surface area contributed by atoms with Crippen LogP contribution in [-0.2, 0) is 6.42 Å². The normalized spacial score (nSPS) is 17.7. The first-order valence-electron chi connectivity index (χ1n) is 8.49. The molecule has 21 heavy (non-hydrogen) atoms. The van der Waals surface area contributed by atoms with Crippen molar-refractivity contribution >= 4 is 0 Å².